The molecule has 1 atom stereocenters. The van der Waals surface area contributed by atoms with Crippen molar-refractivity contribution in [2.45, 2.75) is 25.8 Å². The van der Waals surface area contributed by atoms with Gasteiger partial charge in [-0.15, -0.1) is 0 Å². The first-order valence-electron chi connectivity index (χ1n) is 6.75. The van der Waals surface area contributed by atoms with Crippen molar-refractivity contribution in [3.63, 3.8) is 0 Å². The highest BCUT2D eigenvalue weighted by molar-refractivity contribution is 5.80. The lowest BCUT2D eigenvalue weighted by Crippen LogP contribution is -2.47. The van der Waals surface area contributed by atoms with Gasteiger partial charge in [0.1, 0.15) is 11.3 Å². The number of benzene rings is 1. The highest BCUT2D eigenvalue weighted by Gasteiger charge is 2.34. The maximum Gasteiger partial charge on any atom is 0.328 e. The number of hydrogen-bond acceptors (Lipinski definition) is 4. The van der Waals surface area contributed by atoms with E-state index in [-0.39, 0.29) is 0 Å². The average molecular weight is 281 g/mol. The van der Waals surface area contributed by atoms with Gasteiger partial charge in [-0.3, -0.25) is 5.32 Å². The highest BCUT2D eigenvalue weighted by atomic mass is 16.5. The number of carboxylic acid groups (broad SMARTS) is 1. The van der Waals surface area contributed by atoms with Gasteiger partial charge < -0.3 is 14.6 Å². The third kappa shape index (κ3) is 4.21. The van der Waals surface area contributed by atoms with Crippen LogP contribution in [-0.4, -0.2) is 37.9 Å². The van der Waals surface area contributed by atoms with Gasteiger partial charge in [-0.25, -0.2) is 4.79 Å². The zero-order valence-corrected chi connectivity index (χ0v) is 12.3. The van der Waals surface area contributed by atoms with Gasteiger partial charge in [0, 0.05) is 13.7 Å². The Bertz CT molecular complexity index is 418. The van der Waals surface area contributed by atoms with Gasteiger partial charge in [0.05, 0.1) is 13.2 Å². The van der Waals surface area contributed by atoms with Crippen LogP contribution in [0.1, 0.15) is 25.8 Å². The minimum Gasteiger partial charge on any atom is -0.494 e. The third-order valence-electron chi connectivity index (χ3n) is 3.12. The van der Waals surface area contributed by atoms with E-state index in [2.05, 4.69) is 5.32 Å². The first-order chi connectivity index (χ1) is 9.54. The molecule has 0 spiro atoms. The van der Waals surface area contributed by atoms with Crippen LogP contribution in [-0.2, 0) is 15.1 Å². The fourth-order valence-corrected chi connectivity index (χ4v) is 1.81. The smallest absolute Gasteiger partial charge is 0.328 e. The van der Waals surface area contributed by atoms with Crippen molar-refractivity contribution in [3.05, 3.63) is 29.8 Å². The van der Waals surface area contributed by atoms with Crippen LogP contribution < -0.4 is 10.1 Å². The van der Waals surface area contributed by atoms with Crippen molar-refractivity contribution in [1.82, 2.24) is 5.32 Å². The Kier molecular flexibility index (Phi) is 6.48. The molecule has 0 fully saturated rings. The number of aliphatic carboxylic acids is 1. The molecule has 1 aromatic rings. The third-order valence-corrected chi connectivity index (χ3v) is 3.12. The predicted molar refractivity (Wildman–Crippen MR) is 77.1 cm³/mol. The van der Waals surface area contributed by atoms with Gasteiger partial charge in [-0.05, 0) is 31.0 Å². The summed E-state index contributed by atoms with van der Waals surface area (Å²) < 4.78 is 10.4. The summed E-state index contributed by atoms with van der Waals surface area (Å²) in [6.45, 7) is 5.26. The molecule has 112 valence electrons. The van der Waals surface area contributed by atoms with Crippen molar-refractivity contribution in [1.29, 1.82) is 0 Å². The molecule has 0 saturated carbocycles. The average Bonchev–Trinajstić information content (AvgIpc) is 2.45. The molecule has 0 aromatic heterocycles. The first-order valence-corrected chi connectivity index (χ1v) is 6.75. The van der Waals surface area contributed by atoms with Crippen molar-refractivity contribution >= 4 is 5.97 Å². The van der Waals surface area contributed by atoms with Gasteiger partial charge >= 0.3 is 5.97 Å². The SMILES string of the molecule is CCCOc1ccc(C(C)(NCCOC)C(=O)O)cc1. The summed E-state index contributed by atoms with van der Waals surface area (Å²) in [4.78, 5) is 11.5. The molecule has 0 saturated heterocycles. The molecule has 0 heterocycles. The number of carboxylic acids is 1. The lowest BCUT2D eigenvalue weighted by Gasteiger charge is -2.27. The van der Waals surface area contributed by atoms with E-state index < -0.39 is 11.5 Å². The van der Waals surface area contributed by atoms with E-state index in [1.807, 2.05) is 6.92 Å². The molecule has 1 rings (SSSR count). The molecular weight excluding hydrogens is 258 g/mol. The Morgan fingerprint density at radius 1 is 1.30 bits per heavy atom. The molecule has 0 radical (unpaired) electrons. The van der Waals surface area contributed by atoms with Crippen LogP contribution in [0.25, 0.3) is 0 Å². The topological polar surface area (TPSA) is 67.8 Å². The molecular formula is C15H23NO4. The number of ether oxygens (including phenoxy) is 2. The summed E-state index contributed by atoms with van der Waals surface area (Å²) in [6, 6.07) is 7.15. The second-order valence-corrected chi connectivity index (χ2v) is 4.72. The minimum atomic E-state index is -1.14. The molecule has 0 amide bonds. The number of hydrogen-bond donors (Lipinski definition) is 2. The predicted octanol–water partition coefficient (Wildman–Crippen LogP) is 2.01. The summed E-state index contributed by atoms with van der Waals surface area (Å²) in [5.74, 6) is -0.170. The summed E-state index contributed by atoms with van der Waals surface area (Å²) in [5, 5.41) is 12.5. The van der Waals surface area contributed by atoms with E-state index in [4.69, 9.17) is 9.47 Å². The number of carbonyl (C=O) groups is 1. The van der Waals surface area contributed by atoms with E-state index >= 15 is 0 Å². The Morgan fingerprint density at radius 2 is 1.95 bits per heavy atom. The van der Waals surface area contributed by atoms with E-state index in [1.165, 1.54) is 0 Å². The highest BCUT2D eigenvalue weighted by Crippen LogP contribution is 2.23. The molecule has 1 unspecified atom stereocenters. The van der Waals surface area contributed by atoms with Gasteiger partial charge in [-0.1, -0.05) is 19.1 Å². The standard InChI is InChI=1S/C15H23NO4/c1-4-10-20-13-7-5-12(6-8-13)15(2,14(17)18)16-9-11-19-3/h5-8,16H,4,9-11H2,1-3H3,(H,17,18). The largest absolute Gasteiger partial charge is 0.494 e. The zero-order chi connectivity index (χ0) is 15.0. The van der Waals surface area contributed by atoms with Gasteiger partial charge in [0.25, 0.3) is 0 Å². The van der Waals surface area contributed by atoms with Gasteiger partial charge in [0.15, 0.2) is 0 Å². The van der Waals surface area contributed by atoms with Crippen LogP contribution in [0.2, 0.25) is 0 Å². The number of rotatable bonds is 9. The quantitative estimate of drug-likeness (QED) is 0.678. The molecule has 1 aromatic carbocycles. The maximum absolute atomic E-state index is 11.5. The molecule has 20 heavy (non-hydrogen) atoms. The van der Waals surface area contributed by atoms with E-state index in [0.717, 1.165) is 12.2 Å². The van der Waals surface area contributed by atoms with Gasteiger partial charge in [-0.2, -0.15) is 0 Å². The fraction of sp³-hybridized carbons (Fsp3) is 0.533. The van der Waals surface area contributed by atoms with Crippen LogP contribution in [0.3, 0.4) is 0 Å². The monoisotopic (exact) mass is 281 g/mol. The molecule has 0 aliphatic carbocycles. The van der Waals surface area contributed by atoms with Crippen LogP contribution >= 0.6 is 0 Å². The molecule has 0 bridgehead atoms. The summed E-state index contributed by atoms with van der Waals surface area (Å²) in [6.07, 6.45) is 0.938. The summed E-state index contributed by atoms with van der Waals surface area (Å²) in [7, 11) is 1.58. The van der Waals surface area contributed by atoms with Crippen LogP contribution in [0.4, 0.5) is 0 Å². The van der Waals surface area contributed by atoms with Crippen molar-refractivity contribution in [3.8, 4) is 5.75 Å². The zero-order valence-electron chi connectivity index (χ0n) is 12.3. The lowest BCUT2D eigenvalue weighted by atomic mass is 9.92. The summed E-state index contributed by atoms with van der Waals surface area (Å²) >= 11 is 0. The lowest BCUT2D eigenvalue weighted by molar-refractivity contribution is -0.144. The summed E-state index contributed by atoms with van der Waals surface area (Å²) in [5.41, 5.74) is -0.452. The van der Waals surface area contributed by atoms with Crippen LogP contribution in [0, 0.1) is 0 Å². The first kappa shape index (κ1) is 16.5. The van der Waals surface area contributed by atoms with E-state index in [0.29, 0.717) is 25.3 Å². The number of methoxy groups -OCH3 is 1. The fourth-order valence-electron chi connectivity index (χ4n) is 1.81. The van der Waals surface area contributed by atoms with Crippen LogP contribution in [0.5, 0.6) is 5.75 Å². The molecule has 5 nitrogen and oxygen atoms in total. The Balaban J connectivity index is 2.83. The molecule has 2 N–H and O–H groups in total. The molecule has 0 aliphatic rings. The Hall–Kier alpha value is -1.59. The Labute approximate surface area is 119 Å². The van der Waals surface area contributed by atoms with E-state index in [9.17, 15) is 9.90 Å². The second kappa shape index (κ2) is 7.87. The van der Waals surface area contributed by atoms with Crippen molar-refractivity contribution in [2.75, 3.05) is 26.9 Å². The van der Waals surface area contributed by atoms with E-state index in [1.54, 1.807) is 38.3 Å². The second-order valence-electron chi connectivity index (χ2n) is 4.72. The Morgan fingerprint density at radius 3 is 2.45 bits per heavy atom. The molecule has 5 heteroatoms. The van der Waals surface area contributed by atoms with Crippen molar-refractivity contribution < 1.29 is 19.4 Å². The van der Waals surface area contributed by atoms with Crippen molar-refractivity contribution in [2.24, 2.45) is 0 Å². The molecule has 0 aliphatic heterocycles. The maximum atomic E-state index is 11.5. The minimum absolute atomic E-state index is 0.459. The normalized spacial score (nSPS) is 13.8. The number of nitrogens with one attached hydrogen (secondary N) is 1. The van der Waals surface area contributed by atoms with Gasteiger partial charge in [0.2, 0.25) is 0 Å². The van der Waals surface area contributed by atoms with Crippen LogP contribution in [0.15, 0.2) is 24.3 Å².